The van der Waals surface area contributed by atoms with Gasteiger partial charge in [-0.3, -0.25) is 5.43 Å². The summed E-state index contributed by atoms with van der Waals surface area (Å²) in [4.78, 5) is 0. The number of thiocarbonyl (C=S) groups is 1. The van der Waals surface area contributed by atoms with Gasteiger partial charge in [0.2, 0.25) is 0 Å². The van der Waals surface area contributed by atoms with E-state index in [1.807, 2.05) is 13.8 Å². The van der Waals surface area contributed by atoms with E-state index in [0.717, 1.165) is 13.0 Å². The topological polar surface area (TPSA) is 65.9 Å². The molecule has 19 heavy (non-hydrogen) atoms. The normalized spacial score (nSPS) is 10.4. The van der Waals surface area contributed by atoms with Gasteiger partial charge >= 0.3 is 0 Å². The zero-order valence-corrected chi connectivity index (χ0v) is 12.0. The fourth-order valence-electron chi connectivity index (χ4n) is 1.30. The minimum atomic E-state index is 0.119. The molecule has 0 unspecified atom stereocenters. The Labute approximate surface area is 118 Å². The first-order valence-corrected chi connectivity index (χ1v) is 6.61. The van der Waals surface area contributed by atoms with E-state index in [9.17, 15) is 5.11 Å². The molecule has 0 aliphatic carbocycles. The van der Waals surface area contributed by atoms with Crippen LogP contribution in [0.15, 0.2) is 23.3 Å². The number of aromatic hydroxyl groups is 1. The summed E-state index contributed by atoms with van der Waals surface area (Å²) in [6.45, 7) is 5.33. The lowest BCUT2D eigenvalue weighted by Crippen LogP contribution is -2.31. The lowest BCUT2D eigenvalue weighted by Gasteiger charge is -2.06. The Kier molecular flexibility index (Phi) is 6.67. The van der Waals surface area contributed by atoms with Gasteiger partial charge in [0.15, 0.2) is 5.11 Å². The Hall–Kier alpha value is -1.82. The third-order valence-corrected chi connectivity index (χ3v) is 2.42. The predicted molar refractivity (Wildman–Crippen MR) is 80.9 cm³/mol. The molecule has 0 fully saturated rings. The average molecular weight is 281 g/mol. The summed E-state index contributed by atoms with van der Waals surface area (Å²) in [7, 11) is 0. The smallest absolute Gasteiger partial charge is 0.186 e. The maximum Gasteiger partial charge on any atom is 0.186 e. The molecule has 1 aromatic rings. The molecule has 0 aliphatic rings. The summed E-state index contributed by atoms with van der Waals surface area (Å²) in [5.74, 6) is 0.765. The Morgan fingerprint density at radius 1 is 1.47 bits per heavy atom. The summed E-state index contributed by atoms with van der Waals surface area (Å²) in [6, 6.07) is 5.10. The molecule has 5 nitrogen and oxygen atoms in total. The maximum absolute atomic E-state index is 9.81. The van der Waals surface area contributed by atoms with E-state index in [1.165, 1.54) is 6.21 Å². The molecular formula is C13H19N3O2S. The van der Waals surface area contributed by atoms with Gasteiger partial charge in [0.1, 0.15) is 11.5 Å². The lowest BCUT2D eigenvalue weighted by atomic mass is 10.2. The third kappa shape index (κ3) is 5.56. The van der Waals surface area contributed by atoms with Crippen molar-refractivity contribution in [3.05, 3.63) is 23.8 Å². The highest BCUT2D eigenvalue weighted by Gasteiger charge is 2.01. The molecule has 0 atom stereocenters. The zero-order valence-electron chi connectivity index (χ0n) is 11.1. The number of nitrogens with zero attached hydrogens (tertiary/aromatic N) is 1. The molecule has 6 heteroatoms. The molecule has 0 saturated carbocycles. The fourth-order valence-corrected chi connectivity index (χ4v) is 1.50. The first-order chi connectivity index (χ1) is 9.17. The quantitative estimate of drug-likeness (QED) is 0.423. The number of hydrazone groups is 1. The molecule has 0 bridgehead atoms. The van der Waals surface area contributed by atoms with Crippen molar-refractivity contribution in [3.63, 3.8) is 0 Å². The summed E-state index contributed by atoms with van der Waals surface area (Å²) in [5, 5.41) is 17.1. The van der Waals surface area contributed by atoms with Crippen LogP contribution in [-0.4, -0.2) is 29.6 Å². The van der Waals surface area contributed by atoms with Gasteiger partial charge in [0.05, 0.1) is 12.8 Å². The predicted octanol–water partition coefficient (Wildman–Crippen LogP) is 2.00. The molecule has 104 valence electrons. The monoisotopic (exact) mass is 281 g/mol. The molecule has 0 aliphatic heterocycles. The van der Waals surface area contributed by atoms with E-state index in [0.29, 0.717) is 23.0 Å². The van der Waals surface area contributed by atoms with Gasteiger partial charge in [-0.25, -0.2) is 0 Å². The fraction of sp³-hybridized carbons (Fsp3) is 0.385. The Bertz CT molecular complexity index is 450. The Morgan fingerprint density at radius 3 is 2.89 bits per heavy atom. The lowest BCUT2D eigenvalue weighted by molar-refractivity contribution is 0.315. The van der Waals surface area contributed by atoms with Crippen molar-refractivity contribution in [2.75, 3.05) is 13.2 Å². The standard InChI is InChI=1S/C13H19N3O2S/c1-3-7-18-11-6-5-10(12(17)8-11)9-15-16-13(19)14-4-2/h5-6,8-9,17H,3-4,7H2,1-2H3,(H2,14,16,19)/b15-9+. The van der Waals surface area contributed by atoms with Crippen LogP contribution in [0.3, 0.4) is 0 Å². The summed E-state index contributed by atoms with van der Waals surface area (Å²) in [6.07, 6.45) is 2.43. The second-order valence-electron chi connectivity index (χ2n) is 3.80. The van der Waals surface area contributed by atoms with Crippen LogP contribution in [0.5, 0.6) is 11.5 Å². The van der Waals surface area contributed by atoms with Crippen molar-refractivity contribution in [3.8, 4) is 11.5 Å². The van der Waals surface area contributed by atoms with E-state index in [-0.39, 0.29) is 5.75 Å². The van der Waals surface area contributed by atoms with Crippen molar-refractivity contribution in [2.45, 2.75) is 20.3 Å². The van der Waals surface area contributed by atoms with Crippen LogP contribution in [0.1, 0.15) is 25.8 Å². The molecular weight excluding hydrogens is 262 g/mol. The van der Waals surface area contributed by atoms with Crippen LogP contribution in [0.25, 0.3) is 0 Å². The van der Waals surface area contributed by atoms with Gasteiger partial charge in [-0.05, 0) is 37.7 Å². The third-order valence-electron chi connectivity index (χ3n) is 2.18. The van der Waals surface area contributed by atoms with Crippen molar-refractivity contribution < 1.29 is 9.84 Å². The molecule has 3 N–H and O–H groups in total. The second-order valence-corrected chi connectivity index (χ2v) is 4.21. The van der Waals surface area contributed by atoms with Gasteiger partial charge in [-0.2, -0.15) is 5.10 Å². The van der Waals surface area contributed by atoms with Crippen molar-refractivity contribution in [1.82, 2.24) is 10.7 Å². The molecule has 0 saturated heterocycles. The van der Waals surface area contributed by atoms with Crippen molar-refractivity contribution >= 4 is 23.5 Å². The van der Waals surface area contributed by atoms with Gasteiger partial charge < -0.3 is 15.2 Å². The summed E-state index contributed by atoms with van der Waals surface area (Å²) < 4.78 is 5.41. The molecule has 0 amide bonds. The number of phenols is 1. The van der Waals surface area contributed by atoms with E-state index in [4.69, 9.17) is 17.0 Å². The molecule has 1 aromatic carbocycles. The molecule has 0 radical (unpaired) electrons. The summed E-state index contributed by atoms with van der Waals surface area (Å²) >= 11 is 4.95. The molecule has 0 spiro atoms. The minimum absolute atomic E-state index is 0.119. The SMILES string of the molecule is CCCOc1ccc(/C=N/NC(=S)NCC)c(O)c1. The number of hydrogen-bond acceptors (Lipinski definition) is 4. The highest BCUT2D eigenvalue weighted by Crippen LogP contribution is 2.22. The van der Waals surface area contributed by atoms with Gasteiger partial charge in [0, 0.05) is 18.2 Å². The van der Waals surface area contributed by atoms with Crippen LogP contribution in [-0.2, 0) is 0 Å². The highest BCUT2D eigenvalue weighted by molar-refractivity contribution is 7.80. The number of ether oxygens (including phenoxy) is 1. The first-order valence-electron chi connectivity index (χ1n) is 6.20. The number of benzene rings is 1. The van der Waals surface area contributed by atoms with E-state index in [1.54, 1.807) is 18.2 Å². The van der Waals surface area contributed by atoms with E-state index >= 15 is 0 Å². The van der Waals surface area contributed by atoms with Crippen molar-refractivity contribution in [2.24, 2.45) is 5.10 Å². The summed E-state index contributed by atoms with van der Waals surface area (Å²) in [5.41, 5.74) is 3.25. The number of rotatable bonds is 6. The van der Waals surface area contributed by atoms with E-state index in [2.05, 4.69) is 15.8 Å². The van der Waals surface area contributed by atoms with E-state index < -0.39 is 0 Å². The number of nitrogens with one attached hydrogen (secondary N) is 2. The van der Waals surface area contributed by atoms with Crippen LogP contribution < -0.4 is 15.5 Å². The first kappa shape index (κ1) is 15.2. The minimum Gasteiger partial charge on any atom is -0.507 e. The van der Waals surface area contributed by atoms with Crippen LogP contribution in [0.2, 0.25) is 0 Å². The van der Waals surface area contributed by atoms with Gasteiger partial charge in [0.25, 0.3) is 0 Å². The van der Waals surface area contributed by atoms with Gasteiger partial charge in [-0.15, -0.1) is 0 Å². The highest BCUT2D eigenvalue weighted by atomic mass is 32.1. The average Bonchev–Trinajstić information content (AvgIpc) is 2.39. The molecule has 0 heterocycles. The zero-order chi connectivity index (χ0) is 14.1. The number of phenolic OH excluding ortho intramolecular Hbond substituents is 1. The Balaban J connectivity index is 2.59. The van der Waals surface area contributed by atoms with Crippen LogP contribution in [0.4, 0.5) is 0 Å². The largest absolute Gasteiger partial charge is 0.507 e. The molecule has 1 rings (SSSR count). The van der Waals surface area contributed by atoms with Crippen molar-refractivity contribution in [1.29, 1.82) is 0 Å². The maximum atomic E-state index is 9.81. The van der Waals surface area contributed by atoms with Crippen LogP contribution >= 0.6 is 12.2 Å². The Morgan fingerprint density at radius 2 is 2.26 bits per heavy atom. The number of hydrogen-bond donors (Lipinski definition) is 3. The second kappa shape index (κ2) is 8.31. The van der Waals surface area contributed by atoms with Crippen LogP contribution in [0, 0.1) is 0 Å². The van der Waals surface area contributed by atoms with Gasteiger partial charge in [-0.1, -0.05) is 6.92 Å². The molecule has 0 aromatic heterocycles.